The van der Waals surface area contributed by atoms with E-state index in [0.717, 1.165) is 16.8 Å². The lowest BCUT2D eigenvalue weighted by atomic mass is 9.66. The molecule has 3 saturated heterocycles. The standard InChI is InChI=1S/C31H42N2O6/c1-8-10-17-38-29(37)24-23-27(35)33(22(18-34)19(3)4)26(31(23)15-14-30(24,7)39-31)28(36)32(16-9-2)25-20(5)12-11-13-21(25)6/h8-9,11-13,19,22-24,26,34H,1-2,10,14-18H2,3-7H3/t22-,23-,24-,26?,30+,31?/m0/s1. The zero-order valence-electron chi connectivity index (χ0n) is 23.8. The molecule has 2 bridgehead atoms. The Hall–Kier alpha value is -2.97. The molecular weight excluding hydrogens is 496 g/mol. The number of carbonyl (C=O) groups is 3. The summed E-state index contributed by atoms with van der Waals surface area (Å²) in [5, 5.41) is 10.4. The van der Waals surface area contributed by atoms with Crippen LogP contribution >= 0.6 is 0 Å². The number of anilines is 1. The number of aliphatic hydroxyl groups is 1. The van der Waals surface area contributed by atoms with Crippen LogP contribution in [0.25, 0.3) is 0 Å². The fourth-order valence-electron chi connectivity index (χ4n) is 7.11. The van der Waals surface area contributed by atoms with E-state index in [9.17, 15) is 19.5 Å². The van der Waals surface area contributed by atoms with E-state index in [1.54, 1.807) is 17.1 Å². The molecule has 3 fully saturated rings. The fourth-order valence-corrected chi connectivity index (χ4v) is 7.11. The van der Waals surface area contributed by atoms with E-state index in [1.807, 2.05) is 52.8 Å². The number of nitrogens with zero attached hydrogens (tertiary/aromatic N) is 2. The SMILES string of the molecule is C=CCCOC(=O)[C@@H]1[C@H]2C(=O)N([C@@H](CO)C(C)C)C(C(=O)N(CC=C)c3c(C)cccc3C)C23CC[C@@]1(C)O3. The van der Waals surface area contributed by atoms with Crippen molar-refractivity contribution in [1.29, 1.82) is 0 Å². The van der Waals surface area contributed by atoms with Gasteiger partial charge in [-0.3, -0.25) is 14.4 Å². The first-order valence-electron chi connectivity index (χ1n) is 13.9. The van der Waals surface area contributed by atoms with Gasteiger partial charge < -0.3 is 24.4 Å². The van der Waals surface area contributed by atoms with Gasteiger partial charge in [-0.05, 0) is 57.1 Å². The number of hydrogen-bond acceptors (Lipinski definition) is 6. The minimum absolute atomic E-state index is 0.136. The molecule has 3 heterocycles. The van der Waals surface area contributed by atoms with Gasteiger partial charge in [0.2, 0.25) is 5.91 Å². The Morgan fingerprint density at radius 2 is 1.90 bits per heavy atom. The molecule has 1 N–H and O–H groups in total. The predicted octanol–water partition coefficient (Wildman–Crippen LogP) is 3.72. The zero-order valence-corrected chi connectivity index (χ0v) is 23.8. The molecule has 3 aliphatic rings. The van der Waals surface area contributed by atoms with Crippen molar-refractivity contribution in [2.45, 2.75) is 77.2 Å². The minimum Gasteiger partial charge on any atom is -0.465 e. The van der Waals surface area contributed by atoms with Crippen LogP contribution in [0, 0.1) is 31.6 Å². The molecule has 0 aliphatic carbocycles. The molecule has 0 aromatic heterocycles. The molecule has 2 amide bonds. The number of fused-ring (bicyclic) bond motifs is 1. The Labute approximate surface area is 231 Å². The van der Waals surface area contributed by atoms with Gasteiger partial charge in [0, 0.05) is 12.2 Å². The third-order valence-electron chi connectivity index (χ3n) is 8.87. The number of amides is 2. The second kappa shape index (κ2) is 10.9. The van der Waals surface area contributed by atoms with E-state index in [-0.39, 0.29) is 37.5 Å². The highest BCUT2D eigenvalue weighted by Crippen LogP contribution is 2.64. The van der Waals surface area contributed by atoms with Crippen LogP contribution < -0.4 is 4.90 Å². The molecule has 3 aliphatic heterocycles. The number of benzene rings is 1. The summed E-state index contributed by atoms with van der Waals surface area (Å²) in [5.74, 6) is -2.98. The molecule has 1 spiro atoms. The first kappa shape index (κ1) is 29.0. The summed E-state index contributed by atoms with van der Waals surface area (Å²) >= 11 is 0. The predicted molar refractivity (Wildman–Crippen MR) is 149 cm³/mol. The van der Waals surface area contributed by atoms with Crippen molar-refractivity contribution in [3.05, 3.63) is 54.6 Å². The maximum Gasteiger partial charge on any atom is 0.312 e. The minimum atomic E-state index is -1.20. The number of ether oxygens (including phenoxy) is 2. The summed E-state index contributed by atoms with van der Waals surface area (Å²) in [6.45, 7) is 17.2. The van der Waals surface area contributed by atoms with Crippen LogP contribution in [0.2, 0.25) is 0 Å². The van der Waals surface area contributed by atoms with Crippen molar-refractivity contribution >= 4 is 23.5 Å². The van der Waals surface area contributed by atoms with Gasteiger partial charge >= 0.3 is 5.97 Å². The molecule has 212 valence electrons. The average Bonchev–Trinajstić information content (AvgIpc) is 3.44. The molecule has 0 radical (unpaired) electrons. The van der Waals surface area contributed by atoms with Gasteiger partial charge in [-0.15, -0.1) is 13.2 Å². The lowest BCUT2D eigenvalue weighted by Gasteiger charge is -2.41. The van der Waals surface area contributed by atoms with Crippen molar-refractivity contribution < 1.29 is 29.0 Å². The van der Waals surface area contributed by atoms with E-state index in [0.29, 0.717) is 19.3 Å². The molecule has 1 aromatic rings. The summed E-state index contributed by atoms with van der Waals surface area (Å²) < 4.78 is 12.3. The second-order valence-electron chi connectivity index (χ2n) is 11.7. The van der Waals surface area contributed by atoms with E-state index < -0.39 is 41.1 Å². The lowest BCUT2D eigenvalue weighted by molar-refractivity contribution is -0.160. The highest BCUT2D eigenvalue weighted by atomic mass is 16.6. The summed E-state index contributed by atoms with van der Waals surface area (Å²) in [6, 6.07) is 4.20. The van der Waals surface area contributed by atoms with Crippen LogP contribution in [0.1, 0.15) is 51.2 Å². The molecule has 8 nitrogen and oxygen atoms in total. The van der Waals surface area contributed by atoms with E-state index in [1.165, 1.54) is 4.90 Å². The smallest absolute Gasteiger partial charge is 0.312 e. The van der Waals surface area contributed by atoms with Gasteiger partial charge in [0.15, 0.2) is 0 Å². The Bertz CT molecular complexity index is 1140. The van der Waals surface area contributed by atoms with Crippen LogP contribution in [0.15, 0.2) is 43.5 Å². The normalized spacial score (nSPS) is 29.9. The third kappa shape index (κ3) is 4.51. The van der Waals surface area contributed by atoms with E-state index >= 15 is 0 Å². The maximum atomic E-state index is 14.8. The van der Waals surface area contributed by atoms with Crippen molar-refractivity contribution in [2.75, 3.05) is 24.7 Å². The number of aryl methyl sites for hydroxylation is 2. The second-order valence-corrected chi connectivity index (χ2v) is 11.7. The van der Waals surface area contributed by atoms with Crippen LogP contribution in [-0.2, 0) is 23.9 Å². The summed E-state index contributed by atoms with van der Waals surface area (Å²) in [7, 11) is 0. The lowest BCUT2D eigenvalue weighted by Crippen LogP contribution is -2.60. The van der Waals surface area contributed by atoms with Crippen LogP contribution in [0.5, 0.6) is 0 Å². The molecule has 6 atom stereocenters. The van der Waals surface area contributed by atoms with Crippen LogP contribution in [0.4, 0.5) is 5.69 Å². The first-order valence-corrected chi connectivity index (χ1v) is 13.9. The first-order chi connectivity index (χ1) is 18.5. The van der Waals surface area contributed by atoms with E-state index in [4.69, 9.17) is 9.47 Å². The number of carbonyl (C=O) groups excluding carboxylic acids is 3. The molecule has 2 unspecified atom stereocenters. The van der Waals surface area contributed by atoms with Crippen molar-refractivity contribution in [1.82, 2.24) is 4.90 Å². The van der Waals surface area contributed by atoms with Gasteiger partial charge in [-0.2, -0.15) is 0 Å². The number of hydrogen-bond donors (Lipinski definition) is 1. The molecule has 4 rings (SSSR count). The largest absolute Gasteiger partial charge is 0.465 e. The quantitative estimate of drug-likeness (QED) is 0.262. The highest BCUT2D eigenvalue weighted by Gasteiger charge is 2.79. The number of aliphatic hydroxyl groups excluding tert-OH is 1. The molecule has 0 saturated carbocycles. The number of esters is 1. The van der Waals surface area contributed by atoms with Gasteiger partial charge in [-0.1, -0.05) is 44.2 Å². The third-order valence-corrected chi connectivity index (χ3v) is 8.87. The topological polar surface area (TPSA) is 96.4 Å². The molecular formula is C31H42N2O6. The summed E-state index contributed by atoms with van der Waals surface area (Å²) in [5.41, 5.74) is 0.474. The Kier molecular flexibility index (Phi) is 8.11. The van der Waals surface area contributed by atoms with Crippen molar-refractivity contribution in [3.8, 4) is 0 Å². The van der Waals surface area contributed by atoms with Crippen LogP contribution in [0.3, 0.4) is 0 Å². The number of likely N-dealkylation sites (tertiary alicyclic amines) is 1. The van der Waals surface area contributed by atoms with Crippen molar-refractivity contribution in [2.24, 2.45) is 17.8 Å². The Morgan fingerprint density at radius 3 is 2.46 bits per heavy atom. The highest BCUT2D eigenvalue weighted by molar-refractivity contribution is 6.05. The van der Waals surface area contributed by atoms with Gasteiger partial charge in [0.1, 0.15) is 17.6 Å². The zero-order chi connectivity index (χ0) is 28.7. The van der Waals surface area contributed by atoms with Crippen molar-refractivity contribution in [3.63, 3.8) is 0 Å². The monoisotopic (exact) mass is 538 g/mol. The summed E-state index contributed by atoms with van der Waals surface area (Å²) in [6.07, 6.45) is 4.81. The van der Waals surface area contributed by atoms with Gasteiger partial charge in [-0.25, -0.2) is 0 Å². The number of para-hydroxylation sites is 1. The van der Waals surface area contributed by atoms with E-state index in [2.05, 4.69) is 13.2 Å². The van der Waals surface area contributed by atoms with Gasteiger partial charge in [0.05, 0.1) is 30.8 Å². The molecule has 39 heavy (non-hydrogen) atoms. The Morgan fingerprint density at radius 1 is 1.23 bits per heavy atom. The fraction of sp³-hybridized carbons (Fsp3) is 0.581. The van der Waals surface area contributed by atoms with Crippen LogP contribution in [-0.4, -0.2) is 70.8 Å². The summed E-state index contributed by atoms with van der Waals surface area (Å²) in [4.78, 5) is 45.7. The Balaban J connectivity index is 1.86. The van der Waals surface area contributed by atoms with Gasteiger partial charge in [0.25, 0.3) is 5.91 Å². The maximum absolute atomic E-state index is 14.8. The number of rotatable bonds is 11. The molecule has 1 aromatic carbocycles. The molecule has 8 heteroatoms. The average molecular weight is 539 g/mol.